The molecule has 1 unspecified atom stereocenters. The van der Waals surface area contributed by atoms with E-state index in [0.717, 1.165) is 26.2 Å². The Labute approximate surface area is 113 Å². The van der Waals surface area contributed by atoms with Gasteiger partial charge in [-0.15, -0.1) is 0 Å². The lowest BCUT2D eigenvalue weighted by molar-refractivity contribution is 0.148. The minimum atomic E-state index is -0.535. The predicted octanol–water partition coefficient (Wildman–Crippen LogP) is 4.79. The standard InChI is InChI=1S/C15H13BrO2/c1-2-12(17)13-8-10-7-9-5-3-4-6-11(9)14(16)15(10)18-13/h3-8,12,17H,2H2,1H3. The van der Waals surface area contributed by atoms with Crippen LogP contribution in [-0.2, 0) is 0 Å². The number of rotatable bonds is 2. The van der Waals surface area contributed by atoms with E-state index in [-0.39, 0.29) is 0 Å². The third-order valence-electron chi connectivity index (χ3n) is 3.20. The Morgan fingerprint density at radius 3 is 2.78 bits per heavy atom. The van der Waals surface area contributed by atoms with Gasteiger partial charge in [-0.1, -0.05) is 31.2 Å². The first kappa shape index (κ1) is 11.8. The molecule has 0 amide bonds. The maximum absolute atomic E-state index is 9.85. The van der Waals surface area contributed by atoms with Gasteiger partial charge in [-0.25, -0.2) is 0 Å². The highest BCUT2D eigenvalue weighted by atomic mass is 79.9. The SMILES string of the molecule is CCC(O)c1cc2cc3ccccc3c(Br)c2o1. The van der Waals surface area contributed by atoms with Crippen molar-refractivity contribution >= 4 is 37.7 Å². The largest absolute Gasteiger partial charge is 0.457 e. The summed E-state index contributed by atoms with van der Waals surface area (Å²) in [5.41, 5.74) is 0.802. The number of benzene rings is 2. The fraction of sp³-hybridized carbons (Fsp3) is 0.200. The summed E-state index contributed by atoms with van der Waals surface area (Å²) in [4.78, 5) is 0. The molecule has 0 fully saturated rings. The summed E-state index contributed by atoms with van der Waals surface area (Å²) in [5, 5.41) is 13.2. The zero-order valence-corrected chi connectivity index (χ0v) is 11.6. The van der Waals surface area contributed by atoms with Crippen LogP contribution in [0.5, 0.6) is 0 Å². The maximum atomic E-state index is 9.85. The van der Waals surface area contributed by atoms with Gasteiger partial charge in [0, 0.05) is 5.39 Å². The molecule has 0 radical (unpaired) electrons. The van der Waals surface area contributed by atoms with Crippen molar-refractivity contribution in [3.63, 3.8) is 0 Å². The highest BCUT2D eigenvalue weighted by Gasteiger charge is 2.14. The quantitative estimate of drug-likeness (QED) is 0.738. The van der Waals surface area contributed by atoms with Gasteiger partial charge in [0.15, 0.2) is 0 Å². The van der Waals surface area contributed by atoms with Gasteiger partial charge in [-0.05, 0) is 45.3 Å². The Balaban J connectivity index is 2.33. The molecule has 1 N–H and O–H groups in total. The molecule has 3 aromatic rings. The van der Waals surface area contributed by atoms with Crippen molar-refractivity contribution in [1.82, 2.24) is 0 Å². The molecular formula is C15H13BrO2. The molecule has 92 valence electrons. The van der Waals surface area contributed by atoms with Gasteiger partial charge in [0.25, 0.3) is 0 Å². The van der Waals surface area contributed by atoms with Crippen LogP contribution in [0.2, 0.25) is 0 Å². The van der Waals surface area contributed by atoms with Crippen LogP contribution in [0, 0.1) is 0 Å². The Morgan fingerprint density at radius 2 is 2.00 bits per heavy atom. The summed E-state index contributed by atoms with van der Waals surface area (Å²) in [6, 6.07) is 12.2. The molecule has 0 aliphatic heterocycles. The first-order chi connectivity index (χ1) is 8.70. The first-order valence-electron chi connectivity index (χ1n) is 5.99. The van der Waals surface area contributed by atoms with Gasteiger partial charge in [0.1, 0.15) is 17.4 Å². The van der Waals surface area contributed by atoms with E-state index in [1.807, 2.05) is 25.1 Å². The Morgan fingerprint density at radius 1 is 1.22 bits per heavy atom. The van der Waals surface area contributed by atoms with E-state index in [1.54, 1.807) is 0 Å². The molecule has 0 saturated heterocycles. The van der Waals surface area contributed by atoms with Crippen molar-refractivity contribution in [1.29, 1.82) is 0 Å². The Hall–Kier alpha value is -1.32. The van der Waals surface area contributed by atoms with Crippen LogP contribution in [0.1, 0.15) is 25.2 Å². The second kappa shape index (κ2) is 4.41. The van der Waals surface area contributed by atoms with E-state index < -0.39 is 6.10 Å². The fourth-order valence-electron chi connectivity index (χ4n) is 2.18. The molecule has 0 spiro atoms. The molecule has 1 aromatic heterocycles. The zero-order valence-electron chi connectivity index (χ0n) is 9.98. The Bertz CT molecular complexity index is 715. The topological polar surface area (TPSA) is 33.4 Å². The molecule has 3 rings (SSSR count). The lowest BCUT2D eigenvalue weighted by Crippen LogP contribution is -1.91. The third-order valence-corrected chi connectivity index (χ3v) is 3.99. The highest BCUT2D eigenvalue weighted by molar-refractivity contribution is 9.10. The molecule has 0 aliphatic rings. The summed E-state index contributed by atoms with van der Waals surface area (Å²) in [6.45, 7) is 1.93. The number of aliphatic hydroxyl groups excluding tert-OH is 1. The summed E-state index contributed by atoms with van der Waals surface area (Å²) in [5.74, 6) is 0.628. The lowest BCUT2D eigenvalue weighted by Gasteiger charge is -2.02. The van der Waals surface area contributed by atoms with Crippen LogP contribution in [0.3, 0.4) is 0 Å². The van der Waals surface area contributed by atoms with E-state index in [0.29, 0.717) is 12.2 Å². The summed E-state index contributed by atoms with van der Waals surface area (Å²) in [7, 11) is 0. The van der Waals surface area contributed by atoms with E-state index in [9.17, 15) is 5.11 Å². The number of hydrogen-bond acceptors (Lipinski definition) is 2. The van der Waals surface area contributed by atoms with Crippen LogP contribution in [0.4, 0.5) is 0 Å². The minimum Gasteiger partial charge on any atom is -0.457 e. The molecular weight excluding hydrogens is 292 g/mol. The van der Waals surface area contributed by atoms with Crippen LogP contribution < -0.4 is 0 Å². The highest BCUT2D eigenvalue weighted by Crippen LogP contribution is 2.36. The van der Waals surface area contributed by atoms with Gasteiger partial charge < -0.3 is 9.52 Å². The van der Waals surface area contributed by atoms with Gasteiger partial charge >= 0.3 is 0 Å². The van der Waals surface area contributed by atoms with Crippen molar-refractivity contribution in [2.75, 3.05) is 0 Å². The number of hydrogen-bond donors (Lipinski definition) is 1. The normalized spacial score (nSPS) is 13.3. The van der Waals surface area contributed by atoms with Crippen LogP contribution in [0.15, 0.2) is 45.3 Å². The molecule has 1 atom stereocenters. The molecule has 1 heterocycles. The average molecular weight is 305 g/mol. The Kier molecular flexibility index (Phi) is 2.88. The summed E-state index contributed by atoms with van der Waals surface area (Å²) in [6.07, 6.45) is 0.115. The average Bonchev–Trinajstić information content (AvgIpc) is 2.82. The van der Waals surface area contributed by atoms with Crippen molar-refractivity contribution in [3.05, 3.63) is 46.6 Å². The zero-order chi connectivity index (χ0) is 12.7. The molecule has 0 aliphatic carbocycles. The van der Waals surface area contributed by atoms with Crippen molar-refractivity contribution in [3.8, 4) is 0 Å². The number of furan rings is 1. The lowest BCUT2D eigenvalue weighted by atomic mass is 10.1. The van der Waals surface area contributed by atoms with Gasteiger partial charge in [0.2, 0.25) is 0 Å². The smallest absolute Gasteiger partial charge is 0.149 e. The monoisotopic (exact) mass is 304 g/mol. The minimum absolute atomic E-state index is 0.535. The van der Waals surface area contributed by atoms with E-state index in [1.165, 1.54) is 0 Å². The molecule has 2 aromatic carbocycles. The van der Waals surface area contributed by atoms with Gasteiger partial charge in [-0.2, -0.15) is 0 Å². The van der Waals surface area contributed by atoms with E-state index >= 15 is 0 Å². The van der Waals surface area contributed by atoms with Crippen LogP contribution >= 0.6 is 15.9 Å². The molecule has 0 bridgehead atoms. The third kappa shape index (κ3) is 1.74. The fourth-order valence-corrected chi connectivity index (χ4v) is 2.85. The maximum Gasteiger partial charge on any atom is 0.149 e. The van der Waals surface area contributed by atoms with E-state index in [4.69, 9.17) is 4.42 Å². The van der Waals surface area contributed by atoms with E-state index in [2.05, 4.69) is 34.1 Å². The summed E-state index contributed by atoms with van der Waals surface area (Å²) >= 11 is 3.59. The van der Waals surface area contributed by atoms with Crippen molar-refractivity contribution in [2.45, 2.75) is 19.4 Å². The van der Waals surface area contributed by atoms with Crippen LogP contribution in [0.25, 0.3) is 21.7 Å². The molecule has 2 nitrogen and oxygen atoms in total. The van der Waals surface area contributed by atoms with Crippen molar-refractivity contribution in [2.24, 2.45) is 0 Å². The second-order valence-electron chi connectivity index (χ2n) is 4.40. The molecule has 18 heavy (non-hydrogen) atoms. The molecule has 0 saturated carbocycles. The number of fused-ring (bicyclic) bond motifs is 2. The second-order valence-corrected chi connectivity index (χ2v) is 5.20. The van der Waals surface area contributed by atoms with Crippen molar-refractivity contribution < 1.29 is 9.52 Å². The van der Waals surface area contributed by atoms with Crippen LogP contribution in [-0.4, -0.2) is 5.11 Å². The number of aliphatic hydroxyl groups is 1. The van der Waals surface area contributed by atoms with Gasteiger partial charge in [0.05, 0.1) is 4.47 Å². The predicted molar refractivity (Wildman–Crippen MR) is 76.7 cm³/mol. The molecule has 3 heteroatoms. The number of halogens is 1. The first-order valence-corrected chi connectivity index (χ1v) is 6.78. The summed E-state index contributed by atoms with van der Waals surface area (Å²) < 4.78 is 6.71. The van der Waals surface area contributed by atoms with Gasteiger partial charge in [-0.3, -0.25) is 0 Å².